The minimum absolute atomic E-state index is 0.0444. The summed E-state index contributed by atoms with van der Waals surface area (Å²) in [5.41, 5.74) is 0.633. The molecule has 2 aromatic carbocycles. The molecule has 0 aliphatic rings. The zero-order valence-electron chi connectivity index (χ0n) is 13.0. The predicted octanol–water partition coefficient (Wildman–Crippen LogP) is 2.65. The first kappa shape index (κ1) is 16.2. The van der Waals surface area contributed by atoms with Gasteiger partial charge in [-0.05, 0) is 36.3 Å². The lowest BCUT2D eigenvalue weighted by molar-refractivity contribution is 0.105. The summed E-state index contributed by atoms with van der Waals surface area (Å²) in [4.78, 5) is 12.2. The highest BCUT2D eigenvalue weighted by molar-refractivity contribution is 6.12. The van der Waals surface area contributed by atoms with Gasteiger partial charge in [-0.15, -0.1) is 0 Å². The Morgan fingerprint density at radius 3 is 2.30 bits per heavy atom. The van der Waals surface area contributed by atoms with Crippen LogP contribution in [0.4, 0.5) is 0 Å². The van der Waals surface area contributed by atoms with Gasteiger partial charge in [0.2, 0.25) is 5.78 Å². The van der Waals surface area contributed by atoms with Crippen molar-refractivity contribution < 1.29 is 24.1 Å². The third kappa shape index (κ3) is 3.55. The second kappa shape index (κ2) is 7.23. The van der Waals surface area contributed by atoms with E-state index in [1.807, 2.05) is 0 Å². The molecule has 2 aromatic rings. The number of phenolic OH excluding ortho intramolecular Hbond substituents is 1. The number of hydrogen-bond donors (Lipinski definition) is 1. The number of carbonyl (C=O) groups is 1. The van der Waals surface area contributed by atoms with Crippen LogP contribution in [0.1, 0.15) is 15.9 Å². The maximum atomic E-state index is 12.2. The zero-order chi connectivity index (χ0) is 16.8. The van der Waals surface area contributed by atoms with E-state index in [1.54, 1.807) is 30.3 Å². The topological polar surface area (TPSA) is 65.0 Å². The summed E-state index contributed by atoms with van der Waals surface area (Å²) in [7, 11) is 4.48. The number of aromatic hydroxyl groups is 1. The van der Waals surface area contributed by atoms with Crippen LogP contribution in [0.2, 0.25) is 0 Å². The van der Waals surface area contributed by atoms with Crippen molar-refractivity contribution in [1.29, 1.82) is 0 Å². The van der Waals surface area contributed by atoms with Gasteiger partial charge in [0.1, 0.15) is 17.1 Å². The molecule has 0 heterocycles. The third-order valence-electron chi connectivity index (χ3n) is 3.16. The normalized spacial score (nSPS) is 9.52. The summed E-state index contributed by atoms with van der Waals surface area (Å²) >= 11 is 0. The Hall–Kier alpha value is -3.13. The Kier molecular flexibility index (Phi) is 5.11. The number of ether oxygens (including phenoxy) is 3. The summed E-state index contributed by atoms with van der Waals surface area (Å²) in [5.74, 6) is 5.91. The number of carbonyl (C=O) groups excluding carboxylic acids is 1. The minimum Gasteiger partial charge on any atom is -0.507 e. The van der Waals surface area contributed by atoms with Gasteiger partial charge < -0.3 is 19.3 Å². The molecule has 1 N–H and O–H groups in total. The number of hydrogen-bond acceptors (Lipinski definition) is 5. The highest BCUT2D eigenvalue weighted by Gasteiger charge is 2.15. The van der Waals surface area contributed by atoms with Crippen molar-refractivity contribution in [3.8, 4) is 34.8 Å². The fraction of sp³-hybridized carbons (Fsp3) is 0.167. The molecule has 5 heteroatoms. The van der Waals surface area contributed by atoms with Gasteiger partial charge in [-0.25, -0.2) is 0 Å². The molecule has 118 valence electrons. The average molecular weight is 312 g/mol. The van der Waals surface area contributed by atoms with Crippen molar-refractivity contribution in [2.45, 2.75) is 0 Å². The van der Waals surface area contributed by atoms with Crippen LogP contribution in [-0.2, 0) is 0 Å². The summed E-state index contributed by atoms with van der Waals surface area (Å²) in [6, 6.07) is 9.67. The second-order valence-electron chi connectivity index (χ2n) is 4.50. The molecule has 0 aliphatic carbocycles. The van der Waals surface area contributed by atoms with Crippen molar-refractivity contribution in [1.82, 2.24) is 0 Å². The van der Waals surface area contributed by atoms with Crippen LogP contribution in [0.25, 0.3) is 0 Å². The first-order valence-electron chi connectivity index (χ1n) is 6.75. The molecule has 0 aromatic heterocycles. The van der Waals surface area contributed by atoms with Crippen molar-refractivity contribution >= 4 is 5.78 Å². The highest BCUT2D eigenvalue weighted by Crippen LogP contribution is 2.28. The molecular weight excluding hydrogens is 296 g/mol. The second-order valence-corrected chi connectivity index (χ2v) is 4.50. The Morgan fingerprint density at radius 2 is 1.65 bits per heavy atom. The van der Waals surface area contributed by atoms with Crippen molar-refractivity contribution in [2.24, 2.45) is 0 Å². The van der Waals surface area contributed by atoms with Gasteiger partial charge in [0.15, 0.2) is 11.5 Å². The van der Waals surface area contributed by atoms with Crippen LogP contribution in [0.15, 0.2) is 36.4 Å². The first-order valence-corrected chi connectivity index (χ1v) is 6.75. The molecule has 0 atom stereocenters. The Morgan fingerprint density at radius 1 is 0.957 bits per heavy atom. The van der Waals surface area contributed by atoms with E-state index in [9.17, 15) is 9.90 Å². The Labute approximate surface area is 134 Å². The van der Waals surface area contributed by atoms with Gasteiger partial charge in [-0.2, -0.15) is 0 Å². The van der Waals surface area contributed by atoms with Crippen molar-refractivity contribution in [3.05, 3.63) is 47.5 Å². The van der Waals surface area contributed by atoms with Gasteiger partial charge in [0.25, 0.3) is 0 Å². The molecule has 0 unspecified atom stereocenters. The van der Waals surface area contributed by atoms with E-state index < -0.39 is 5.78 Å². The van der Waals surface area contributed by atoms with Gasteiger partial charge in [-0.3, -0.25) is 4.79 Å². The number of benzene rings is 2. The van der Waals surface area contributed by atoms with E-state index in [1.165, 1.54) is 27.4 Å². The molecule has 2 rings (SSSR count). The SMILES string of the molecule is COc1ccc(C#CC(=O)c2c(O)cccc2OC)cc1OC. The van der Waals surface area contributed by atoms with Crippen LogP contribution in [0, 0.1) is 11.8 Å². The largest absolute Gasteiger partial charge is 0.507 e. The standard InChI is InChI=1S/C18H16O5/c1-21-15-10-8-12(11-17(15)23-3)7-9-14(20)18-13(19)5-4-6-16(18)22-2/h4-6,8,10-11,19H,1-3H3. The smallest absolute Gasteiger partial charge is 0.243 e. The molecule has 0 radical (unpaired) electrons. The number of ketones is 1. The molecule has 5 nitrogen and oxygen atoms in total. The lowest BCUT2D eigenvalue weighted by Gasteiger charge is -2.07. The fourth-order valence-corrected chi connectivity index (χ4v) is 2.02. The van der Waals surface area contributed by atoms with Crippen molar-refractivity contribution in [2.75, 3.05) is 21.3 Å². The van der Waals surface area contributed by atoms with E-state index in [4.69, 9.17) is 14.2 Å². The van der Waals surface area contributed by atoms with Crippen LogP contribution >= 0.6 is 0 Å². The number of methoxy groups -OCH3 is 3. The quantitative estimate of drug-likeness (QED) is 0.694. The monoisotopic (exact) mass is 312 g/mol. The van der Waals surface area contributed by atoms with E-state index >= 15 is 0 Å². The Balaban J connectivity index is 2.34. The van der Waals surface area contributed by atoms with E-state index in [2.05, 4.69) is 11.8 Å². The van der Waals surface area contributed by atoms with Gasteiger partial charge >= 0.3 is 0 Å². The maximum absolute atomic E-state index is 12.2. The van der Waals surface area contributed by atoms with Crippen LogP contribution < -0.4 is 14.2 Å². The number of rotatable bonds is 4. The lowest BCUT2D eigenvalue weighted by Crippen LogP contribution is -2.00. The molecule has 0 fully saturated rings. The van der Waals surface area contributed by atoms with Crippen LogP contribution in [0.5, 0.6) is 23.0 Å². The summed E-state index contributed by atoms with van der Waals surface area (Å²) in [5, 5.41) is 9.84. The highest BCUT2D eigenvalue weighted by atomic mass is 16.5. The van der Waals surface area contributed by atoms with Crippen LogP contribution in [-0.4, -0.2) is 32.2 Å². The lowest BCUT2D eigenvalue weighted by atomic mass is 10.1. The van der Waals surface area contributed by atoms with E-state index in [0.29, 0.717) is 17.1 Å². The maximum Gasteiger partial charge on any atom is 0.243 e. The zero-order valence-corrected chi connectivity index (χ0v) is 13.0. The van der Waals surface area contributed by atoms with Gasteiger partial charge in [0.05, 0.1) is 21.3 Å². The molecule has 23 heavy (non-hydrogen) atoms. The average Bonchev–Trinajstić information content (AvgIpc) is 2.58. The molecule has 0 bridgehead atoms. The summed E-state index contributed by atoms with van der Waals surface area (Å²) in [6.07, 6.45) is 0. The van der Waals surface area contributed by atoms with E-state index in [-0.39, 0.29) is 17.1 Å². The number of Topliss-reactive ketones (excluding diaryl/α,β-unsaturated/α-hetero) is 1. The fourth-order valence-electron chi connectivity index (χ4n) is 2.02. The van der Waals surface area contributed by atoms with Gasteiger partial charge in [-0.1, -0.05) is 12.0 Å². The molecule has 0 aliphatic heterocycles. The third-order valence-corrected chi connectivity index (χ3v) is 3.16. The van der Waals surface area contributed by atoms with Gasteiger partial charge in [0, 0.05) is 5.56 Å². The molecular formula is C18H16O5. The molecule has 0 saturated carbocycles. The molecule has 0 amide bonds. The molecule has 0 spiro atoms. The summed E-state index contributed by atoms with van der Waals surface area (Å²) < 4.78 is 15.4. The predicted molar refractivity (Wildman–Crippen MR) is 85.4 cm³/mol. The summed E-state index contributed by atoms with van der Waals surface area (Å²) in [6.45, 7) is 0. The number of phenols is 1. The van der Waals surface area contributed by atoms with E-state index in [0.717, 1.165) is 0 Å². The van der Waals surface area contributed by atoms with Crippen LogP contribution in [0.3, 0.4) is 0 Å². The van der Waals surface area contributed by atoms with Crippen molar-refractivity contribution in [3.63, 3.8) is 0 Å². The molecule has 0 saturated heterocycles. The minimum atomic E-state index is -0.533. The Bertz CT molecular complexity index is 784. The first-order chi connectivity index (χ1) is 11.1.